The van der Waals surface area contributed by atoms with Crippen LogP contribution in [0.1, 0.15) is 12.0 Å². The van der Waals surface area contributed by atoms with Crippen molar-refractivity contribution in [3.63, 3.8) is 0 Å². The van der Waals surface area contributed by atoms with Gasteiger partial charge in [-0.2, -0.15) is 0 Å². The number of carboxylic acid groups (broad SMARTS) is 1. The minimum atomic E-state index is -1.19. The Morgan fingerprint density at radius 2 is 2.15 bits per heavy atom. The molecule has 2 atom stereocenters. The van der Waals surface area contributed by atoms with E-state index < -0.39 is 29.8 Å². The predicted octanol–water partition coefficient (Wildman–Crippen LogP) is 1.07. The number of rotatable bonds is 3. The lowest BCUT2D eigenvalue weighted by molar-refractivity contribution is -0.148. The molecule has 108 valence electrons. The molecule has 1 amide bonds. The van der Waals surface area contributed by atoms with Crippen LogP contribution in [0.3, 0.4) is 0 Å². The molecule has 20 heavy (non-hydrogen) atoms. The maximum Gasteiger partial charge on any atom is 0.326 e. The standard InChI is InChI=1S/C13H13ClFNO4/c14-9-2-1-3-10(15)8(9)5-12(18)16-6-7(17)4-11(16)13(19)20/h1-3,7,11,17H,4-6H2,(H,19,20). The molecule has 1 heterocycles. The summed E-state index contributed by atoms with van der Waals surface area (Å²) >= 11 is 5.83. The van der Waals surface area contributed by atoms with Gasteiger partial charge in [0.25, 0.3) is 0 Å². The van der Waals surface area contributed by atoms with E-state index in [0.717, 1.165) is 4.90 Å². The Bertz CT molecular complexity index is 531. The minimum absolute atomic E-state index is 0.0217. The first-order chi connectivity index (χ1) is 9.40. The van der Waals surface area contributed by atoms with E-state index in [-0.39, 0.29) is 30.0 Å². The number of β-amino-alcohol motifs (C(OH)–C–C–N with tert-alkyl or cyclic N) is 1. The predicted molar refractivity (Wildman–Crippen MR) is 68.9 cm³/mol. The van der Waals surface area contributed by atoms with E-state index in [4.69, 9.17) is 16.7 Å². The molecule has 0 bridgehead atoms. The third kappa shape index (κ3) is 2.91. The highest BCUT2D eigenvalue weighted by atomic mass is 35.5. The Kier molecular flexibility index (Phi) is 4.25. The number of hydrogen-bond acceptors (Lipinski definition) is 3. The number of halogens is 2. The second-order valence-electron chi connectivity index (χ2n) is 4.67. The SMILES string of the molecule is O=C(O)C1CC(O)CN1C(=O)Cc1c(F)cccc1Cl. The van der Waals surface area contributed by atoms with Gasteiger partial charge in [-0.1, -0.05) is 17.7 Å². The highest BCUT2D eigenvalue weighted by Crippen LogP contribution is 2.23. The first kappa shape index (κ1) is 14.7. The van der Waals surface area contributed by atoms with Gasteiger partial charge >= 0.3 is 5.97 Å². The van der Waals surface area contributed by atoms with Crippen molar-refractivity contribution in [1.82, 2.24) is 4.90 Å². The van der Waals surface area contributed by atoms with E-state index in [2.05, 4.69) is 0 Å². The van der Waals surface area contributed by atoms with Crippen molar-refractivity contribution >= 4 is 23.5 Å². The summed E-state index contributed by atoms with van der Waals surface area (Å²) in [4.78, 5) is 24.2. The first-order valence-electron chi connectivity index (χ1n) is 6.03. The van der Waals surface area contributed by atoms with Gasteiger partial charge in [-0.05, 0) is 12.1 Å². The van der Waals surface area contributed by atoms with E-state index in [1.165, 1.54) is 18.2 Å². The molecule has 2 rings (SSSR count). The monoisotopic (exact) mass is 301 g/mol. The summed E-state index contributed by atoms with van der Waals surface area (Å²) in [6.45, 7) is -0.0676. The molecule has 0 spiro atoms. The zero-order valence-corrected chi connectivity index (χ0v) is 11.2. The summed E-state index contributed by atoms with van der Waals surface area (Å²) in [6, 6.07) is 2.98. The van der Waals surface area contributed by atoms with Gasteiger partial charge in [0.1, 0.15) is 11.9 Å². The number of nitrogens with zero attached hydrogens (tertiary/aromatic N) is 1. The van der Waals surface area contributed by atoms with Crippen molar-refractivity contribution in [2.45, 2.75) is 25.0 Å². The van der Waals surface area contributed by atoms with Gasteiger partial charge < -0.3 is 15.1 Å². The van der Waals surface area contributed by atoms with Gasteiger partial charge in [0.2, 0.25) is 5.91 Å². The highest BCUT2D eigenvalue weighted by molar-refractivity contribution is 6.31. The van der Waals surface area contributed by atoms with Crippen molar-refractivity contribution in [2.24, 2.45) is 0 Å². The second kappa shape index (κ2) is 5.76. The number of amides is 1. The molecule has 2 unspecified atom stereocenters. The van der Waals surface area contributed by atoms with Crippen molar-refractivity contribution in [2.75, 3.05) is 6.54 Å². The van der Waals surface area contributed by atoms with Gasteiger partial charge in [0.15, 0.2) is 0 Å². The third-order valence-electron chi connectivity index (χ3n) is 3.27. The lowest BCUT2D eigenvalue weighted by Gasteiger charge is -2.21. The first-order valence-corrected chi connectivity index (χ1v) is 6.41. The average Bonchev–Trinajstić information content (AvgIpc) is 2.76. The topological polar surface area (TPSA) is 77.8 Å². The van der Waals surface area contributed by atoms with E-state index in [1.54, 1.807) is 0 Å². The second-order valence-corrected chi connectivity index (χ2v) is 5.07. The number of aliphatic hydroxyl groups excluding tert-OH is 1. The van der Waals surface area contributed by atoms with Crippen LogP contribution in [0.15, 0.2) is 18.2 Å². The minimum Gasteiger partial charge on any atom is -0.480 e. The lowest BCUT2D eigenvalue weighted by atomic mass is 10.1. The molecule has 0 radical (unpaired) electrons. The quantitative estimate of drug-likeness (QED) is 0.875. The Morgan fingerprint density at radius 3 is 2.75 bits per heavy atom. The summed E-state index contributed by atoms with van der Waals surface area (Å²) in [5, 5.41) is 18.6. The van der Waals surface area contributed by atoms with Crippen molar-refractivity contribution in [1.29, 1.82) is 0 Å². The van der Waals surface area contributed by atoms with Gasteiger partial charge in [-0.15, -0.1) is 0 Å². The summed E-state index contributed by atoms with van der Waals surface area (Å²) in [7, 11) is 0. The molecular formula is C13H13ClFNO4. The molecule has 0 saturated carbocycles. The molecule has 1 aliphatic heterocycles. The maximum absolute atomic E-state index is 13.6. The molecule has 1 aromatic rings. The lowest BCUT2D eigenvalue weighted by Crippen LogP contribution is -2.41. The molecule has 0 aromatic heterocycles. The van der Waals surface area contributed by atoms with Crippen LogP contribution in [0.4, 0.5) is 4.39 Å². The molecule has 7 heteroatoms. The van der Waals surface area contributed by atoms with Crippen LogP contribution < -0.4 is 0 Å². The average molecular weight is 302 g/mol. The van der Waals surface area contributed by atoms with Crippen molar-refractivity contribution in [3.8, 4) is 0 Å². The van der Waals surface area contributed by atoms with Crippen LogP contribution in [0.2, 0.25) is 5.02 Å². The van der Waals surface area contributed by atoms with E-state index in [9.17, 15) is 19.1 Å². The van der Waals surface area contributed by atoms with E-state index >= 15 is 0 Å². The Labute approximate surface area is 119 Å². The number of aliphatic carboxylic acids is 1. The molecule has 5 nitrogen and oxygen atoms in total. The van der Waals surface area contributed by atoms with Crippen LogP contribution in [-0.2, 0) is 16.0 Å². The van der Waals surface area contributed by atoms with E-state index in [0.29, 0.717) is 0 Å². The Morgan fingerprint density at radius 1 is 1.45 bits per heavy atom. The third-order valence-corrected chi connectivity index (χ3v) is 3.63. The van der Waals surface area contributed by atoms with Crippen molar-refractivity contribution < 1.29 is 24.2 Å². The summed E-state index contributed by atoms with van der Waals surface area (Å²) in [6.07, 6.45) is -1.23. The van der Waals surface area contributed by atoms with Crippen LogP contribution in [0.25, 0.3) is 0 Å². The number of benzene rings is 1. The van der Waals surface area contributed by atoms with Crippen LogP contribution in [-0.4, -0.2) is 45.7 Å². The summed E-state index contributed by atoms with van der Waals surface area (Å²) < 4.78 is 13.6. The van der Waals surface area contributed by atoms with Crippen molar-refractivity contribution in [3.05, 3.63) is 34.6 Å². The zero-order valence-electron chi connectivity index (χ0n) is 10.4. The van der Waals surface area contributed by atoms with Gasteiger partial charge in [-0.25, -0.2) is 9.18 Å². The number of carbonyl (C=O) groups excluding carboxylic acids is 1. The smallest absolute Gasteiger partial charge is 0.326 e. The Hall–Kier alpha value is -1.66. The molecule has 1 saturated heterocycles. The number of carboxylic acids is 1. The van der Waals surface area contributed by atoms with E-state index in [1.807, 2.05) is 0 Å². The largest absolute Gasteiger partial charge is 0.480 e. The van der Waals surface area contributed by atoms with Crippen LogP contribution in [0, 0.1) is 5.82 Å². The fraction of sp³-hybridized carbons (Fsp3) is 0.385. The van der Waals surface area contributed by atoms with Crippen LogP contribution in [0.5, 0.6) is 0 Å². The highest BCUT2D eigenvalue weighted by Gasteiger charge is 2.38. The fourth-order valence-corrected chi connectivity index (χ4v) is 2.51. The maximum atomic E-state index is 13.6. The number of hydrogen-bond donors (Lipinski definition) is 2. The molecule has 1 aliphatic rings. The molecular weight excluding hydrogens is 289 g/mol. The van der Waals surface area contributed by atoms with Gasteiger partial charge in [-0.3, -0.25) is 4.79 Å². The zero-order chi connectivity index (χ0) is 14.9. The molecule has 1 aromatic carbocycles. The fourth-order valence-electron chi connectivity index (χ4n) is 2.28. The normalized spacial score (nSPS) is 22.1. The molecule has 2 N–H and O–H groups in total. The summed E-state index contributed by atoms with van der Waals surface area (Å²) in [5.74, 6) is -2.37. The molecule has 1 fully saturated rings. The van der Waals surface area contributed by atoms with Gasteiger partial charge in [0, 0.05) is 23.6 Å². The summed E-state index contributed by atoms with van der Waals surface area (Å²) in [5.41, 5.74) is 0.0321. The molecule has 0 aliphatic carbocycles. The number of likely N-dealkylation sites (tertiary alicyclic amines) is 1. The Balaban J connectivity index is 2.18. The number of aliphatic hydroxyl groups is 1. The van der Waals surface area contributed by atoms with Crippen LogP contribution >= 0.6 is 11.6 Å². The number of carbonyl (C=O) groups is 2. The van der Waals surface area contributed by atoms with Gasteiger partial charge in [0.05, 0.1) is 12.5 Å².